The number of carbonyl (C=O) groups is 1. The first-order valence-electron chi connectivity index (χ1n) is 10.7. The molecule has 1 aliphatic rings. The first-order valence-corrected chi connectivity index (χ1v) is 11.5. The van der Waals surface area contributed by atoms with Gasteiger partial charge in [0.25, 0.3) is 5.91 Å². The van der Waals surface area contributed by atoms with Crippen LogP contribution in [-0.2, 0) is 9.53 Å². The Balaban J connectivity index is 1.55. The van der Waals surface area contributed by atoms with Crippen LogP contribution in [0.4, 0.5) is 5.13 Å². The molecule has 0 bridgehead atoms. The van der Waals surface area contributed by atoms with Crippen LogP contribution >= 0.6 is 11.3 Å². The van der Waals surface area contributed by atoms with E-state index in [1.807, 2.05) is 31.2 Å². The van der Waals surface area contributed by atoms with Crippen LogP contribution in [-0.4, -0.2) is 61.8 Å². The minimum atomic E-state index is -0.0788. The summed E-state index contributed by atoms with van der Waals surface area (Å²) in [4.78, 5) is 22.2. The first-order chi connectivity index (χ1) is 15.0. The lowest BCUT2D eigenvalue weighted by molar-refractivity contribution is -0.120. The van der Waals surface area contributed by atoms with Gasteiger partial charge in [-0.2, -0.15) is 0 Å². The number of ether oxygens (including phenoxy) is 2. The van der Waals surface area contributed by atoms with Gasteiger partial charge in [-0.3, -0.25) is 14.6 Å². The molecule has 0 radical (unpaired) electrons. The molecule has 4 rings (SSSR count). The fraction of sp³-hybridized carbons (Fsp3) is 0.417. The number of anilines is 1. The van der Waals surface area contributed by atoms with Crippen LogP contribution < -0.4 is 9.64 Å². The molecule has 2 aromatic carbocycles. The van der Waals surface area contributed by atoms with Crippen molar-refractivity contribution < 1.29 is 14.3 Å². The van der Waals surface area contributed by atoms with Gasteiger partial charge < -0.3 is 9.47 Å². The van der Waals surface area contributed by atoms with Crippen molar-refractivity contribution >= 4 is 32.6 Å². The maximum atomic E-state index is 13.3. The number of thiazole rings is 1. The number of nitrogens with zero attached hydrogens (tertiary/aromatic N) is 3. The zero-order valence-electron chi connectivity index (χ0n) is 18.4. The summed E-state index contributed by atoms with van der Waals surface area (Å²) >= 11 is 1.58. The van der Waals surface area contributed by atoms with Crippen LogP contribution in [0.5, 0.6) is 5.75 Å². The molecule has 1 fully saturated rings. The van der Waals surface area contributed by atoms with Crippen molar-refractivity contribution in [2.24, 2.45) is 0 Å². The second-order valence-electron chi connectivity index (χ2n) is 7.98. The third-order valence-corrected chi connectivity index (χ3v) is 6.76. The molecular formula is C24H29N3O3S. The third-order valence-electron chi connectivity index (χ3n) is 5.53. The van der Waals surface area contributed by atoms with E-state index in [0.29, 0.717) is 6.54 Å². The van der Waals surface area contributed by atoms with Gasteiger partial charge in [0.15, 0.2) is 11.7 Å². The molecular weight excluding hydrogens is 410 g/mol. The number of rotatable bonds is 7. The van der Waals surface area contributed by atoms with Crippen LogP contribution in [0.15, 0.2) is 36.4 Å². The zero-order valence-corrected chi connectivity index (χ0v) is 19.2. The standard InChI is InChI=1S/C24H29N3O3S/c1-17-14-19(3)23-20(15-17)25-24(31-23)27(9-8-26-10-12-29-13-11-26)22(28)16-30-21-7-5-4-6-18(21)2/h4-7,14-15H,8-13,16H2,1-3H3. The number of hydrogen-bond acceptors (Lipinski definition) is 6. The molecule has 0 atom stereocenters. The number of carbonyl (C=O) groups excluding carboxylic acids is 1. The molecule has 0 N–H and O–H groups in total. The smallest absolute Gasteiger partial charge is 0.266 e. The Morgan fingerprint density at radius 2 is 1.94 bits per heavy atom. The number of morpholine rings is 1. The summed E-state index contributed by atoms with van der Waals surface area (Å²) in [5.74, 6) is 0.657. The Morgan fingerprint density at radius 3 is 2.71 bits per heavy atom. The van der Waals surface area contributed by atoms with E-state index < -0.39 is 0 Å². The topological polar surface area (TPSA) is 54.9 Å². The SMILES string of the molecule is Cc1cc(C)c2sc(N(CCN3CCOCC3)C(=O)COc3ccccc3C)nc2c1. The molecule has 1 amide bonds. The normalized spacial score (nSPS) is 14.7. The maximum absolute atomic E-state index is 13.3. The number of hydrogen-bond donors (Lipinski definition) is 0. The summed E-state index contributed by atoms with van der Waals surface area (Å²) < 4.78 is 12.4. The van der Waals surface area contributed by atoms with Crippen molar-refractivity contribution in [2.45, 2.75) is 20.8 Å². The van der Waals surface area contributed by atoms with E-state index in [2.05, 4.69) is 30.9 Å². The van der Waals surface area contributed by atoms with Gasteiger partial charge in [0.1, 0.15) is 5.75 Å². The molecule has 164 valence electrons. The lowest BCUT2D eigenvalue weighted by Crippen LogP contribution is -2.44. The van der Waals surface area contributed by atoms with Crippen LogP contribution in [0.1, 0.15) is 16.7 Å². The Labute approximate surface area is 187 Å². The van der Waals surface area contributed by atoms with Crippen molar-refractivity contribution in [3.63, 3.8) is 0 Å². The zero-order chi connectivity index (χ0) is 21.8. The van der Waals surface area contributed by atoms with Crippen LogP contribution in [0, 0.1) is 20.8 Å². The van der Waals surface area contributed by atoms with Crippen LogP contribution in [0.25, 0.3) is 10.2 Å². The molecule has 0 unspecified atom stereocenters. The molecule has 1 aliphatic heterocycles. The van der Waals surface area contributed by atoms with Crippen molar-refractivity contribution in [1.82, 2.24) is 9.88 Å². The highest BCUT2D eigenvalue weighted by Crippen LogP contribution is 2.32. The van der Waals surface area contributed by atoms with Gasteiger partial charge in [-0.05, 0) is 49.6 Å². The predicted octanol–water partition coefficient (Wildman–Crippen LogP) is 3.97. The van der Waals surface area contributed by atoms with E-state index in [1.54, 1.807) is 16.2 Å². The van der Waals surface area contributed by atoms with E-state index in [1.165, 1.54) is 11.1 Å². The molecule has 6 nitrogen and oxygen atoms in total. The largest absolute Gasteiger partial charge is 0.483 e. The first kappa shape index (κ1) is 21.7. The fourth-order valence-electron chi connectivity index (χ4n) is 3.81. The average molecular weight is 440 g/mol. The summed E-state index contributed by atoms with van der Waals surface area (Å²) in [6, 6.07) is 12.0. The Hall–Kier alpha value is -2.48. The summed E-state index contributed by atoms with van der Waals surface area (Å²) in [6.45, 7) is 10.8. The number of fused-ring (bicyclic) bond motifs is 1. The second kappa shape index (κ2) is 9.77. The fourth-order valence-corrected chi connectivity index (χ4v) is 4.87. The molecule has 2 heterocycles. The lowest BCUT2D eigenvalue weighted by Gasteiger charge is -2.29. The van der Waals surface area contributed by atoms with E-state index in [0.717, 1.165) is 59.5 Å². The molecule has 0 saturated carbocycles. The van der Waals surface area contributed by atoms with Crippen molar-refractivity contribution in [2.75, 3.05) is 50.9 Å². The molecule has 3 aromatic rings. The number of amides is 1. The van der Waals surface area contributed by atoms with Gasteiger partial charge in [0.2, 0.25) is 0 Å². The van der Waals surface area contributed by atoms with Gasteiger partial charge in [0, 0.05) is 26.2 Å². The molecule has 7 heteroatoms. The summed E-state index contributed by atoms with van der Waals surface area (Å²) in [5, 5.41) is 0.732. The second-order valence-corrected chi connectivity index (χ2v) is 8.96. The molecule has 1 aromatic heterocycles. The van der Waals surface area contributed by atoms with Crippen molar-refractivity contribution in [1.29, 1.82) is 0 Å². The van der Waals surface area contributed by atoms with E-state index >= 15 is 0 Å². The molecule has 0 aliphatic carbocycles. The van der Waals surface area contributed by atoms with E-state index in [9.17, 15) is 4.79 Å². The third kappa shape index (κ3) is 5.23. The van der Waals surface area contributed by atoms with Gasteiger partial charge in [-0.25, -0.2) is 4.98 Å². The van der Waals surface area contributed by atoms with Crippen LogP contribution in [0.2, 0.25) is 0 Å². The quantitative estimate of drug-likeness (QED) is 0.558. The van der Waals surface area contributed by atoms with Crippen LogP contribution in [0.3, 0.4) is 0 Å². The van der Waals surface area contributed by atoms with E-state index in [4.69, 9.17) is 14.5 Å². The summed E-state index contributed by atoms with van der Waals surface area (Å²) in [6.07, 6.45) is 0. The molecule has 1 saturated heterocycles. The highest BCUT2D eigenvalue weighted by atomic mass is 32.1. The number of aromatic nitrogens is 1. The maximum Gasteiger partial charge on any atom is 0.266 e. The Morgan fingerprint density at radius 1 is 1.16 bits per heavy atom. The summed E-state index contributed by atoms with van der Waals surface area (Å²) in [7, 11) is 0. The minimum Gasteiger partial charge on any atom is -0.483 e. The monoisotopic (exact) mass is 439 g/mol. The Bertz CT molecular complexity index is 1060. The van der Waals surface area contributed by atoms with Gasteiger partial charge in [-0.1, -0.05) is 35.6 Å². The average Bonchev–Trinajstić information content (AvgIpc) is 3.18. The number of benzene rings is 2. The number of para-hydroxylation sites is 1. The van der Waals surface area contributed by atoms with Crippen molar-refractivity contribution in [3.05, 3.63) is 53.1 Å². The van der Waals surface area contributed by atoms with E-state index in [-0.39, 0.29) is 12.5 Å². The molecule has 31 heavy (non-hydrogen) atoms. The van der Waals surface area contributed by atoms with Gasteiger partial charge >= 0.3 is 0 Å². The van der Waals surface area contributed by atoms with Gasteiger partial charge in [-0.15, -0.1) is 0 Å². The lowest BCUT2D eigenvalue weighted by atomic mass is 10.1. The highest BCUT2D eigenvalue weighted by Gasteiger charge is 2.22. The highest BCUT2D eigenvalue weighted by molar-refractivity contribution is 7.22. The molecule has 0 spiro atoms. The minimum absolute atomic E-state index is 0.0120. The van der Waals surface area contributed by atoms with Gasteiger partial charge in [0.05, 0.1) is 23.4 Å². The predicted molar refractivity (Wildman–Crippen MR) is 125 cm³/mol. The van der Waals surface area contributed by atoms with Crippen molar-refractivity contribution in [3.8, 4) is 5.75 Å². The summed E-state index contributed by atoms with van der Waals surface area (Å²) in [5.41, 5.74) is 4.33. The number of aryl methyl sites for hydroxylation is 3. The Kier molecular flexibility index (Phi) is 6.85.